The van der Waals surface area contributed by atoms with E-state index >= 15 is 0 Å². The van der Waals surface area contributed by atoms with Crippen molar-refractivity contribution in [3.05, 3.63) is 84.4 Å². The molecule has 6 nitrogen and oxygen atoms in total. The van der Waals surface area contributed by atoms with Crippen LogP contribution in [0.3, 0.4) is 0 Å². The molecule has 0 radical (unpaired) electrons. The molecule has 1 aliphatic heterocycles. The summed E-state index contributed by atoms with van der Waals surface area (Å²) in [7, 11) is 0. The van der Waals surface area contributed by atoms with E-state index < -0.39 is 5.41 Å². The Morgan fingerprint density at radius 1 is 0.939 bits per heavy atom. The first-order valence-electron chi connectivity index (χ1n) is 11.5. The van der Waals surface area contributed by atoms with Gasteiger partial charge in [-0.1, -0.05) is 30.3 Å². The highest BCUT2D eigenvalue weighted by atomic mass is 16.2. The lowest BCUT2D eigenvalue weighted by atomic mass is 9.72. The molecule has 1 fully saturated rings. The maximum Gasteiger partial charge on any atom is 0.272 e. The van der Waals surface area contributed by atoms with E-state index in [1.165, 1.54) is 0 Å². The topological polar surface area (TPSA) is 75.2 Å². The monoisotopic (exact) mass is 442 g/mol. The summed E-state index contributed by atoms with van der Waals surface area (Å²) >= 11 is 0. The van der Waals surface area contributed by atoms with Crippen LogP contribution in [0.25, 0.3) is 11.1 Å². The minimum Gasteiger partial charge on any atom is -0.353 e. The molecule has 1 aromatic carbocycles. The van der Waals surface area contributed by atoms with Gasteiger partial charge in [0.15, 0.2) is 0 Å². The lowest BCUT2D eigenvalue weighted by Gasteiger charge is -2.41. The number of hydrogen-bond donors (Lipinski definition) is 1. The minimum absolute atomic E-state index is 0.0663. The van der Waals surface area contributed by atoms with Crippen LogP contribution >= 0.6 is 0 Å². The first-order chi connectivity index (χ1) is 16.0. The summed E-state index contributed by atoms with van der Waals surface area (Å²) in [5, 5.41) is 3.12. The number of pyridine rings is 2. The zero-order valence-corrected chi connectivity index (χ0v) is 19.2. The van der Waals surface area contributed by atoms with Crippen LogP contribution in [0.5, 0.6) is 0 Å². The van der Waals surface area contributed by atoms with Crippen LogP contribution in [0.15, 0.2) is 73.2 Å². The second kappa shape index (κ2) is 9.94. The number of piperidine rings is 1. The molecule has 0 spiro atoms. The third-order valence-corrected chi connectivity index (χ3v) is 6.30. The van der Waals surface area contributed by atoms with Crippen molar-refractivity contribution < 1.29 is 9.59 Å². The molecule has 6 heteroatoms. The second-order valence-corrected chi connectivity index (χ2v) is 9.03. The van der Waals surface area contributed by atoms with Crippen LogP contribution in [0.1, 0.15) is 42.7 Å². The van der Waals surface area contributed by atoms with Gasteiger partial charge in [0.1, 0.15) is 5.69 Å². The van der Waals surface area contributed by atoms with Crippen LogP contribution in [0.2, 0.25) is 0 Å². The zero-order valence-electron chi connectivity index (χ0n) is 19.2. The molecule has 0 bridgehead atoms. The lowest BCUT2D eigenvalue weighted by molar-refractivity contribution is -0.134. The number of hydrogen-bond acceptors (Lipinski definition) is 4. The lowest BCUT2D eigenvalue weighted by Crippen LogP contribution is -2.52. The molecule has 2 aromatic heterocycles. The largest absolute Gasteiger partial charge is 0.353 e. The van der Waals surface area contributed by atoms with Crippen LogP contribution < -0.4 is 5.32 Å². The number of aromatic nitrogens is 2. The fourth-order valence-electron chi connectivity index (χ4n) is 4.44. The highest BCUT2D eigenvalue weighted by Crippen LogP contribution is 2.36. The molecule has 0 aliphatic carbocycles. The predicted octanol–water partition coefficient (Wildman–Crippen LogP) is 4.13. The van der Waals surface area contributed by atoms with Gasteiger partial charge in [-0.25, -0.2) is 0 Å². The fraction of sp³-hybridized carbons (Fsp3) is 0.333. The molecular formula is C27H30N4O2. The molecule has 2 amide bonds. The van der Waals surface area contributed by atoms with Gasteiger partial charge in [-0.05, 0) is 74.1 Å². The van der Waals surface area contributed by atoms with Crippen molar-refractivity contribution in [2.75, 3.05) is 13.1 Å². The maximum atomic E-state index is 13.3. The van der Waals surface area contributed by atoms with Gasteiger partial charge in [-0.2, -0.15) is 0 Å². The summed E-state index contributed by atoms with van der Waals surface area (Å²) in [5.41, 5.74) is 3.27. The molecule has 3 aromatic rings. The third-order valence-electron chi connectivity index (χ3n) is 6.30. The molecule has 0 saturated carbocycles. The Kier molecular flexibility index (Phi) is 6.82. The van der Waals surface area contributed by atoms with Crippen LogP contribution in [-0.2, 0) is 11.2 Å². The zero-order chi connectivity index (χ0) is 23.3. The molecule has 3 heterocycles. The van der Waals surface area contributed by atoms with E-state index in [0.29, 0.717) is 38.0 Å². The van der Waals surface area contributed by atoms with E-state index in [1.807, 2.05) is 36.9 Å². The van der Waals surface area contributed by atoms with Gasteiger partial charge in [-0.15, -0.1) is 0 Å². The Hall–Kier alpha value is -3.54. The molecule has 1 aliphatic rings. The van der Waals surface area contributed by atoms with E-state index in [1.54, 1.807) is 30.7 Å². The number of amides is 2. The molecule has 0 unspecified atom stereocenters. The van der Waals surface area contributed by atoms with Gasteiger partial charge in [0, 0.05) is 37.7 Å². The van der Waals surface area contributed by atoms with E-state index in [0.717, 1.165) is 16.7 Å². The number of carbonyl (C=O) groups is 2. The van der Waals surface area contributed by atoms with E-state index in [4.69, 9.17) is 0 Å². The SMILES string of the molecule is CC(C)NC(=O)C1(Cc2ccc(-c3ccncc3)cc2)CCN(C(=O)c2ccccn2)CC1. The van der Waals surface area contributed by atoms with Crippen molar-refractivity contribution >= 4 is 11.8 Å². The highest BCUT2D eigenvalue weighted by Gasteiger charge is 2.42. The van der Waals surface area contributed by atoms with Gasteiger partial charge < -0.3 is 10.2 Å². The molecule has 1 N–H and O–H groups in total. The third kappa shape index (κ3) is 5.28. The Morgan fingerprint density at radius 2 is 1.61 bits per heavy atom. The van der Waals surface area contributed by atoms with E-state index in [2.05, 4.69) is 39.6 Å². The highest BCUT2D eigenvalue weighted by molar-refractivity contribution is 5.92. The van der Waals surface area contributed by atoms with Crippen molar-refractivity contribution in [2.45, 2.75) is 39.2 Å². The number of rotatable bonds is 6. The van der Waals surface area contributed by atoms with Crippen molar-refractivity contribution in [3.8, 4) is 11.1 Å². The molecule has 1 saturated heterocycles. The summed E-state index contributed by atoms with van der Waals surface area (Å²) in [4.78, 5) is 36.3. The van der Waals surface area contributed by atoms with Gasteiger partial charge in [0.05, 0.1) is 5.41 Å². The van der Waals surface area contributed by atoms with Gasteiger partial charge in [-0.3, -0.25) is 19.6 Å². The number of nitrogens with zero attached hydrogens (tertiary/aromatic N) is 3. The summed E-state index contributed by atoms with van der Waals surface area (Å²) in [6.07, 6.45) is 7.09. The standard InChI is InChI=1S/C27H30N4O2/c1-20(2)30-26(33)27(12-17-31(18-13-27)25(32)24-5-3-4-14-29-24)19-21-6-8-22(9-7-21)23-10-15-28-16-11-23/h3-11,14-16,20H,12-13,17-19H2,1-2H3,(H,30,33). The normalized spacial score (nSPS) is 15.3. The average Bonchev–Trinajstić information content (AvgIpc) is 2.85. The Labute approximate surface area is 195 Å². The summed E-state index contributed by atoms with van der Waals surface area (Å²) in [6.45, 7) is 5.04. The second-order valence-electron chi connectivity index (χ2n) is 9.03. The van der Waals surface area contributed by atoms with Gasteiger partial charge >= 0.3 is 0 Å². The number of likely N-dealkylation sites (tertiary alicyclic amines) is 1. The predicted molar refractivity (Wildman–Crippen MR) is 128 cm³/mol. The van der Waals surface area contributed by atoms with Gasteiger partial charge in [0.2, 0.25) is 5.91 Å². The molecule has 170 valence electrons. The molecular weight excluding hydrogens is 412 g/mol. The minimum atomic E-state index is -0.538. The Balaban J connectivity index is 1.51. The number of benzene rings is 1. The van der Waals surface area contributed by atoms with Gasteiger partial charge in [0.25, 0.3) is 5.91 Å². The maximum absolute atomic E-state index is 13.3. The van der Waals surface area contributed by atoms with Crippen molar-refractivity contribution in [1.82, 2.24) is 20.2 Å². The summed E-state index contributed by atoms with van der Waals surface area (Å²) in [6, 6.07) is 17.8. The first-order valence-corrected chi connectivity index (χ1v) is 11.5. The molecule has 0 atom stereocenters. The summed E-state index contributed by atoms with van der Waals surface area (Å²) < 4.78 is 0. The van der Waals surface area contributed by atoms with Crippen LogP contribution in [0.4, 0.5) is 0 Å². The van der Waals surface area contributed by atoms with Crippen LogP contribution in [0, 0.1) is 5.41 Å². The van der Waals surface area contributed by atoms with Crippen LogP contribution in [-0.4, -0.2) is 45.8 Å². The number of carbonyl (C=O) groups excluding carboxylic acids is 2. The Bertz CT molecular complexity index is 1070. The first kappa shape index (κ1) is 22.6. The van der Waals surface area contributed by atoms with Crippen molar-refractivity contribution in [1.29, 1.82) is 0 Å². The average molecular weight is 443 g/mol. The fourth-order valence-corrected chi connectivity index (χ4v) is 4.44. The van der Waals surface area contributed by atoms with Crippen molar-refractivity contribution in [2.24, 2.45) is 5.41 Å². The molecule has 33 heavy (non-hydrogen) atoms. The van der Waals surface area contributed by atoms with E-state index in [-0.39, 0.29) is 17.9 Å². The smallest absolute Gasteiger partial charge is 0.272 e. The molecule has 4 rings (SSSR count). The quantitative estimate of drug-likeness (QED) is 0.623. The van der Waals surface area contributed by atoms with E-state index in [9.17, 15) is 9.59 Å². The summed E-state index contributed by atoms with van der Waals surface area (Å²) in [5.74, 6) is -0.00387. The Morgan fingerprint density at radius 3 is 2.21 bits per heavy atom. The number of nitrogens with one attached hydrogen (secondary N) is 1. The van der Waals surface area contributed by atoms with Crippen molar-refractivity contribution in [3.63, 3.8) is 0 Å².